The fourth-order valence-electron chi connectivity index (χ4n) is 9.16. The molecule has 7 aromatic heterocycles. The number of halogens is 10. The van der Waals surface area contributed by atoms with Crippen LogP contribution in [0.2, 0.25) is 5.15 Å². The van der Waals surface area contributed by atoms with Crippen LogP contribution in [0.25, 0.3) is 10.9 Å². The smallest absolute Gasteiger partial charge is 0.399 e. The summed E-state index contributed by atoms with van der Waals surface area (Å²) < 4.78 is 120. The van der Waals surface area contributed by atoms with E-state index in [4.69, 9.17) is 17.3 Å². The molecule has 96 heavy (non-hydrogen) atoms. The Hall–Kier alpha value is -12.2. The van der Waals surface area contributed by atoms with Crippen LogP contribution in [-0.4, -0.2) is 90.8 Å². The Labute approximate surface area is 541 Å². The Balaban J connectivity index is 0.000000159. The van der Waals surface area contributed by atoms with Gasteiger partial charge in [0.15, 0.2) is 17.1 Å². The molecule has 3 aromatic carbocycles. The van der Waals surface area contributed by atoms with Gasteiger partial charge in [0.1, 0.15) is 16.8 Å². The third-order valence-electron chi connectivity index (χ3n) is 13.6. The molecule has 13 N–H and O–H groups in total. The second kappa shape index (κ2) is 29.2. The van der Waals surface area contributed by atoms with E-state index in [9.17, 15) is 63.5 Å². The monoisotopic (exact) mass is 1350 g/mol. The first-order valence-electron chi connectivity index (χ1n) is 28.0. The van der Waals surface area contributed by atoms with Gasteiger partial charge >= 0.3 is 18.5 Å². The number of nitrogens with two attached hydrogens (primary N) is 1. The molecular formula is C62H51ClF9N19O5. The van der Waals surface area contributed by atoms with Gasteiger partial charge in [0.2, 0.25) is 11.8 Å². The van der Waals surface area contributed by atoms with Crippen LogP contribution in [0.5, 0.6) is 0 Å². The first kappa shape index (κ1) is 68.2. The highest BCUT2D eigenvalue weighted by Crippen LogP contribution is 2.41. The minimum Gasteiger partial charge on any atom is -0.399 e. The summed E-state index contributed by atoms with van der Waals surface area (Å²) in [4.78, 5) is 81.7. The zero-order valence-electron chi connectivity index (χ0n) is 49.9. The predicted molar refractivity (Wildman–Crippen MR) is 340 cm³/mol. The van der Waals surface area contributed by atoms with Crippen molar-refractivity contribution >= 4 is 126 Å². The molecule has 0 fully saturated rings. The van der Waals surface area contributed by atoms with E-state index in [1.54, 1.807) is 42.6 Å². The quantitative estimate of drug-likeness (QED) is 0.0290. The van der Waals surface area contributed by atoms with E-state index in [0.29, 0.717) is 41.3 Å². The third-order valence-corrected chi connectivity index (χ3v) is 13.8. The van der Waals surface area contributed by atoms with Crippen molar-refractivity contribution in [3.05, 3.63) is 203 Å². The Kier molecular flexibility index (Phi) is 20.7. The summed E-state index contributed by atoms with van der Waals surface area (Å²) in [6, 6.07) is 28.2. The molecule has 0 radical (unpaired) electrons. The van der Waals surface area contributed by atoms with Gasteiger partial charge in [-0.2, -0.15) is 44.6 Å². The lowest BCUT2D eigenvalue weighted by atomic mass is 10.1. The molecule has 0 aliphatic carbocycles. The van der Waals surface area contributed by atoms with Gasteiger partial charge in [0.05, 0.1) is 75.4 Å². The van der Waals surface area contributed by atoms with Crippen LogP contribution in [0, 0.1) is 0 Å². The largest absolute Gasteiger partial charge is 0.419 e. The molecule has 0 unspecified atom stereocenters. The number of nitrogens with one attached hydrogen (secondary N) is 11. The maximum Gasteiger partial charge on any atom is 0.419 e. The molecule has 0 atom stereocenters. The highest BCUT2D eigenvalue weighted by atomic mass is 35.5. The van der Waals surface area contributed by atoms with E-state index >= 15 is 0 Å². The number of pyridine rings is 6. The molecule has 24 nitrogen and oxygen atoms in total. The summed E-state index contributed by atoms with van der Waals surface area (Å²) in [5.74, 6) is -1.61. The fourth-order valence-corrected chi connectivity index (χ4v) is 9.32. The summed E-state index contributed by atoms with van der Waals surface area (Å²) in [5, 5.41) is 34.0. The molecule has 0 spiro atoms. The number of rotatable bonds is 13. The lowest BCUT2D eigenvalue weighted by Crippen LogP contribution is -2.21. The minimum absolute atomic E-state index is 0.0361. The average Bonchev–Trinajstić information content (AvgIpc) is 1.57. The van der Waals surface area contributed by atoms with Crippen LogP contribution in [0.15, 0.2) is 153 Å². The number of aromatic amines is 1. The molecule has 10 aromatic rings. The number of aromatic nitrogens is 8. The molecule has 2 aliphatic heterocycles. The summed E-state index contributed by atoms with van der Waals surface area (Å²) >= 11 is 5.65. The van der Waals surface area contributed by atoms with Crippen LogP contribution in [-0.2, 0) is 41.0 Å². The van der Waals surface area contributed by atoms with Gasteiger partial charge < -0.3 is 58.9 Å². The molecule has 12 rings (SSSR count). The van der Waals surface area contributed by atoms with Gasteiger partial charge in [-0.1, -0.05) is 23.7 Å². The zero-order valence-corrected chi connectivity index (χ0v) is 50.6. The zero-order chi connectivity index (χ0) is 69.1. The van der Waals surface area contributed by atoms with Gasteiger partial charge in [-0.15, -0.1) is 0 Å². The molecule has 34 heteroatoms. The summed E-state index contributed by atoms with van der Waals surface area (Å²) in [7, 11) is 4.19. The number of H-pyrrole nitrogens is 1. The van der Waals surface area contributed by atoms with Crippen molar-refractivity contribution in [1.29, 1.82) is 0 Å². The first-order valence-corrected chi connectivity index (χ1v) is 28.3. The standard InChI is InChI=1S/2C21H17F3N6O2.C13H10ClF3N4O.C7H7N3/c2*1-25-20(32)19-14(3-2-6-26-19)29-16-9-17(27-10-13(16)21(22,23)24)28-12-5-4-11-7-18(31)30-15(11)8-12;1-18-12(22)11-8(3-2-4-19-11)21-9-5-10(14)20-6-7(9)13(15,16)17;8-6-1-2-7-5(3-6)4-9-10-7/h2*2-6,8-10H,7H2,1H3,(H,25,32)(H,30,31)(H2,27,28,29);2-6H,1H3,(H,18,22)(H,20,21);1-4H,8H2,(H,9,10). The van der Waals surface area contributed by atoms with Crippen LogP contribution in [0.4, 0.5) is 114 Å². The lowest BCUT2D eigenvalue weighted by Gasteiger charge is -2.17. The van der Waals surface area contributed by atoms with Gasteiger partial charge in [0, 0.05) is 104 Å². The van der Waals surface area contributed by atoms with Gasteiger partial charge in [0.25, 0.3) is 17.7 Å². The van der Waals surface area contributed by atoms with E-state index in [2.05, 4.69) is 93.3 Å². The van der Waals surface area contributed by atoms with Gasteiger partial charge in [-0.25, -0.2) is 29.9 Å². The van der Waals surface area contributed by atoms with E-state index in [1.165, 1.54) is 88.3 Å². The topological polar surface area (TPSA) is 338 Å². The number of carbonyl (C=O) groups excluding carboxylic acids is 5. The number of carbonyl (C=O) groups is 5. The van der Waals surface area contributed by atoms with Crippen LogP contribution in [0.1, 0.15) is 59.3 Å². The van der Waals surface area contributed by atoms with Gasteiger partial charge in [-0.05, 0) is 96.1 Å². The number of anilines is 13. The second-order valence-electron chi connectivity index (χ2n) is 20.2. The minimum atomic E-state index is -4.68. The molecule has 9 heterocycles. The molecule has 2 aliphatic rings. The summed E-state index contributed by atoms with van der Waals surface area (Å²) in [6.07, 6.45) is -5.53. The Morgan fingerprint density at radius 1 is 0.469 bits per heavy atom. The molecule has 0 saturated carbocycles. The molecular weight excluding hydrogens is 1300 g/mol. The molecule has 5 amide bonds. The second-order valence-corrected chi connectivity index (χ2v) is 20.6. The number of nitrogen functional groups attached to an aromatic ring is 1. The van der Waals surface area contributed by atoms with Crippen LogP contribution in [0.3, 0.4) is 0 Å². The number of alkyl halides is 9. The summed E-state index contributed by atoms with van der Waals surface area (Å²) in [6.45, 7) is 0. The SMILES string of the molecule is CNC(=O)c1ncccc1Nc1cc(Cl)ncc1C(F)(F)F.CNC(=O)c1ncccc1Nc1cc(Nc2ccc3c(c2)NC(=O)C3)ncc1C(F)(F)F.CNC(=O)c1ncccc1Nc1cc(Nc2ccc3c(c2)NC(=O)C3)ncc1C(F)(F)F.Nc1ccc2[nH]ncc2c1. The maximum atomic E-state index is 13.6. The normalized spacial score (nSPS) is 12.1. The van der Waals surface area contributed by atoms with Crippen molar-refractivity contribution in [2.75, 3.05) is 64.1 Å². The molecule has 0 saturated heterocycles. The number of hydrogen-bond donors (Lipinski definition) is 12. The molecule has 494 valence electrons. The van der Waals surface area contributed by atoms with E-state index < -0.39 is 52.9 Å². The van der Waals surface area contributed by atoms with Crippen molar-refractivity contribution in [2.24, 2.45) is 0 Å². The van der Waals surface area contributed by atoms with Crippen molar-refractivity contribution in [1.82, 2.24) is 56.1 Å². The Bertz CT molecular complexity index is 4380. The molecule has 0 bridgehead atoms. The maximum absolute atomic E-state index is 13.6. The van der Waals surface area contributed by atoms with Crippen LogP contribution < -0.4 is 58.9 Å². The summed E-state index contributed by atoms with van der Waals surface area (Å²) in [5.41, 5.74) is 7.62. The van der Waals surface area contributed by atoms with E-state index in [1.807, 2.05) is 18.2 Å². The Morgan fingerprint density at radius 2 is 0.865 bits per heavy atom. The van der Waals surface area contributed by atoms with Crippen molar-refractivity contribution in [3.8, 4) is 0 Å². The highest BCUT2D eigenvalue weighted by molar-refractivity contribution is 6.29. The van der Waals surface area contributed by atoms with Crippen molar-refractivity contribution < 1.29 is 63.5 Å². The average molecular weight is 1350 g/mol. The number of nitrogens with zero attached hydrogens (tertiary/aromatic N) is 7. The number of hydrogen-bond acceptors (Lipinski definition) is 18. The van der Waals surface area contributed by atoms with Gasteiger partial charge in [-0.3, -0.25) is 29.1 Å². The Morgan fingerprint density at radius 3 is 1.26 bits per heavy atom. The van der Waals surface area contributed by atoms with Crippen molar-refractivity contribution in [2.45, 2.75) is 31.4 Å². The fraction of sp³-hybridized carbons (Fsp3) is 0.129. The van der Waals surface area contributed by atoms with Crippen LogP contribution >= 0.6 is 11.6 Å². The van der Waals surface area contributed by atoms with E-state index in [0.717, 1.165) is 33.8 Å². The lowest BCUT2D eigenvalue weighted by molar-refractivity contribution is -0.138. The number of benzene rings is 3. The highest BCUT2D eigenvalue weighted by Gasteiger charge is 2.37. The third kappa shape index (κ3) is 17.1. The number of amides is 5. The van der Waals surface area contributed by atoms with E-state index in [-0.39, 0.29) is 92.7 Å². The number of fused-ring (bicyclic) bond motifs is 3. The van der Waals surface area contributed by atoms with Crippen molar-refractivity contribution in [3.63, 3.8) is 0 Å². The predicted octanol–water partition coefficient (Wildman–Crippen LogP) is 12.1. The first-order chi connectivity index (χ1) is 45.7.